The van der Waals surface area contributed by atoms with Gasteiger partial charge in [0.2, 0.25) is 5.91 Å². The molecule has 1 amide bonds. The molecule has 2 heterocycles. The molecule has 5 nitrogen and oxygen atoms in total. The molecule has 0 radical (unpaired) electrons. The van der Waals surface area contributed by atoms with Crippen LogP contribution < -0.4 is 9.64 Å². The van der Waals surface area contributed by atoms with Gasteiger partial charge in [-0.3, -0.25) is 9.48 Å². The van der Waals surface area contributed by atoms with Crippen LogP contribution in [0.1, 0.15) is 23.4 Å². The Morgan fingerprint density at radius 3 is 2.87 bits per heavy atom. The third kappa shape index (κ3) is 3.06. The predicted molar refractivity (Wildman–Crippen MR) is 90.3 cm³/mol. The van der Waals surface area contributed by atoms with Gasteiger partial charge in [0.15, 0.2) is 0 Å². The number of aryl methyl sites for hydroxylation is 2. The van der Waals surface area contributed by atoms with Gasteiger partial charge in [0.05, 0.1) is 17.9 Å². The van der Waals surface area contributed by atoms with Crippen molar-refractivity contribution in [3.8, 4) is 5.75 Å². The Kier molecular flexibility index (Phi) is 4.31. The molecular formula is C17H20ClN3O2. The molecular weight excluding hydrogens is 314 g/mol. The highest BCUT2D eigenvalue weighted by atomic mass is 35.5. The molecule has 3 rings (SSSR count). The van der Waals surface area contributed by atoms with Crippen LogP contribution in [0.2, 0.25) is 5.02 Å². The van der Waals surface area contributed by atoms with E-state index in [1.165, 1.54) is 0 Å². The van der Waals surface area contributed by atoms with Crippen LogP contribution in [0.4, 0.5) is 5.69 Å². The number of nitrogens with zero attached hydrogens (tertiary/aromatic N) is 3. The first kappa shape index (κ1) is 15.9. The molecule has 1 aromatic heterocycles. The first-order valence-electron chi connectivity index (χ1n) is 7.69. The van der Waals surface area contributed by atoms with Crippen LogP contribution in [-0.4, -0.2) is 28.8 Å². The summed E-state index contributed by atoms with van der Waals surface area (Å²) in [6.45, 7) is 5.07. The fraction of sp³-hybridized carbons (Fsp3) is 0.412. The van der Waals surface area contributed by atoms with Gasteiger partial charge in [-0.1, -0.05) is 11.6 Å². The molecule has 0 N–H and O–H groups in total. The lowest BCUT2D eigenvalue weighted by molar-refractivity contribution is -0.118. The van der Waals surface area contributed by atoms with E-state index in [0.717, 1.165) is 22.6 Å². The van der Waals surface area contributed by atoms with Crippen molar-refractivity contribution in [1.82, 2.24) is 9.78 Å². The molecule has 0 unspecified atom stereocenters. The van der Waals surface area contributed by atoms with Crippen molar-refractivity contribution >= 4 is 23.2 Å². The van der Waals surface area contributed by atoms with E-state index in [4.69, 9.17) is 16.3 Å². The van der Waals surface area contributed by atoms with E-state index in [0.29, 0.717) is 36.8 Å². The standard InChI is InChI=1S/C17H20ClN3O2/c1-11-14(12(2)20(3)19-11)5-7-17(22)21-8-9-23-16-6-4-13(18)10-15(16)21/h4,6,10H,5,7-9H2,1-3H3. The zero-order valence-corrected chi connectivity index (χ0v) is 14.4. The van der Waals surface area contributed by atoms with E-state index < -0.39 is 0 Å². The second-order valence-electron chi connectivity index (χ2n) is 5.78. The van der Waals surface area contributed by atoms with Crippen LogP contribution in [0.3, 0.4) is 0 Å². The minimum absolute atomic E-state index is 0.0828. The average Bonchev–Trinajstić information content (AvgIpc) is 2.77. The van der Waals surface area contributed by atoms with E-state index in [2.05, 4.69) is 5.10 Å². The molecule has 23 heavy (non-hydrogen) atoms. The van der Waals surface area contributed by atoms with Gasteiger partial charge in [0.1, 0.15) is 12.4 Å². The van der Waals surface area contributed by atoms with Gasteiger partial charge in [-0.05, 0) is 44.0 Å². The summed E-state index contributed by atoms with van der Waals surface area (Å²) in [4.78, 5) is 14.4. The highest BCUT2D eigenvalue weighted by Crippen LogP contribution is 2.34. The molecule has 0 atom stereocenters. The number of ether oxygens (including phenoxy) is 1. The molecule has 0 bridgehead atoms. The molecule has 1 aliphatic heterocycles. The lowest BCUT2D eigenvalue weighted by Crippen LogP contribution is -2.38. The highest BCUT2D eigenvalue weighted by molar-refractivity contribution is 6.31. The number of benzene rings is 1. The number of rotatable bonds is 3. The number of carbonyl (C=O) groups is 1. The van der Waals surface area contributed by atoms with E-state index in [1.54, 1.807) is 17.0 Å². The second kappa shape index (κ2) is 6.24. The van der Waals surface area contributed by atoms with Crippen molar-refractivity contribution in [1.29, 1.82) is 0 Å². The number of anilines is 1. The smallest absolute Gasteiger partial charge is 0.227 e. The van der Waals surface area contributed by atoms with E-state index in [9.17, 15) is 4.79 Å². The van der Waals surface area contributed by atoms with Crippen LogP contribution in [0.5, 0.6) is 5.75 Å². The summed E-state index contributed by atoms with van der Waals surface area (Å²) in [5.74, 6) is 0.794. The van der Waals surface area contributed by atoms with Gasteiger partial charge < -0.3 is 9.64 Å². The molecule has 0 spiro atoms. The summed E-state index contributed by atoms with van der Waals surface area (Å²) in [7, 11) is 1.92. The Hall–Kier alpha value is -2.01. The molecule has 0 saturated carbocycles. The normalized spacial score (nSPS) is 13.7. The first-order chi connectivity index (χ1) is 11.0. The second-order valence-corrected chi connectivity index (χ2v) is 6.22. The minimum atomic E-state index is 0.0828. The number of hydrogen-bond donors (Lipinski definition) is 0. The van der Waals surface area contributed by atoms with Crippen LogP contribution in [0, 0.1) is 13.8 Å². The van der Waals surface area contributed by atoms with E-state index >= 15 is 0 Å². The van der Waals surface area contributed by atoms with Gasteiger partial charge in [0.25, 0.3) is 0 Å². The first-order valence-corrected chi connectivity index (χ1v) is 8.07. The summed E-state index contributed by atoms with van der Waals surface area (Å²) in [6.07, 6.45) is 1.14. The Balaban J connectivity index is 1.76. The van der Waals surface area contributed by atoms with Crippen molar-refractivity contribution in [2.75, 3.05) is 18.1 Å². The van der Waals surface area contributed by atoms with E-state index in [-0.39, 0.29) is 5.91 Å². The third-order valence-corrected chi connectivity index (χ3v) is 4.57. The van der Waals surface area contributed by atoms with Crippen molar-refractivity contribution in [2.24, 2.45) is 7.05 Å². The number of amides is 1. The number of fused-ring (bicyclic) bond motifs is 1. The molecule has 1 aromatic carbocycles. The molecule has 0 aliphatic carbocycles. The molecule has 0 saturated heterocycles. The SMILES string of the molecule is Cc1nn(C)c(C)c1CCC(=O)N1CCOc2ccc(Cl)cc21. The minimum Gasteiger partial charge on any atom is -0.490 e. The van der Waals surface area contributed by atoms with Crippen LogP contribution in [0.25, 0.3) is 0 Å². The number of aromatic nitrogens is 2. The van der Waals surface area contributed by atoms with Crippen LogP contribution in [-0.2, 0) is 18.3 Å². The fourth-order valence-electron chi connectivity index (χ4n) is 3.00. The van der Waals surface area contributed by atoms with Crippen molar-refractivity contribution in [3.63, 3.8) is 0 Å². The summed E-state index contributed by atoms with van der Waals surface area (Å²) in [6, 6.07) is 5.37. The zero-order chi connectivity index (χ0) is 16.6. The summed E-state index contributed by atoms with van der Waals surface area (Å²) < 4.78 is 7.46. The zero-order valence-electron chi connectivity index (χ0n) is 13.6. The molecule has 1 aliphatic rings. The summed E-state index contributed by atoms with van der Waals surface area (Å²) in [5, 5.41) is 5.01. The fourth-order valence-corrected chi connectivity index (χ4v) is 3.16. The number of carbonyl (C=O) groups excluding carboxylic acids is 1. The van der Waals surface area contributed by atoms with Gasteiger partial charge in [-0.25, -0.2) is 0 Å². The molecule has 2 aromatic rings. The third-order valence-electron chi connectivity index (χ3n) is 4.33. The molecule has 0 fully saturated rings. The van der Waals surface area contributed by atoms with Crippen molar-refractivity contribution < 1.29 is 9.53 Å². The maximum Gasteiger partial charge on any atom is 0.227 e. The lowest BCUT2D eigenvalue weighted by Gasteiger charge is -2.29. The Labute approximate surface area is 140 Å². The summed E-state index contributed by atoms with van der Waals surface area (Å²) in [5.41, 5.74) is 4.01. The molecule has 6 heteroatoms. The van der Waals surface area contributed by atoms with Crippen LogP contribution in [0.15, 0.2) is 18.2 Å². The van der Waals surface area contributed by atoms with Gasteiger partial charge in [0, 0.05) is 24.2 Å². The number of halogens is 1. The Morgan fingerprint density at radius 2 is 2.17 bits per heavy atom. The van der Waals surface area contributed by atoms with Crippen molar-refractivity contribution in [3.05, 3.63) is 40.2 Å². The monoisotopic (exact) mass is 333 g/mol. The van der Waals surface area contributed by atoms with Crippen LogP contribution >= 0.6 is 11.6 Å². The van der Waals surface area contributed by atoms with Gasteiger partial charge >= 0.3 is 0 Å². The van der Waals surface area contributed by atoms with Gasteiger partial charge in [-0.2, -0.15) is 5.10 Å². The highest BCUT2D eigenvalue weighted by Gasteiger charge is 2.24. The Morgan fingerprint density at radius 1 is 1.39 bits per heavy atom. The largest absolute Gasteiger partial charge is 0.490 e. The lowest BCUT2D eigenvalue weighted by atomic mass is 10.1. The Bertz CT molecular complexity index is 755. The predicted octanol–water partition coefficient (Wildman–Crippen LogP) is 3.05. The average molecular weight is 334 g/mol. The summed E-state index contributed by atoms with van der Waals surface area (Å²) >= 11 is 6.06. The van der Waals surface area contributed by atoms with Gasteiger partial charge in [-0.15, -0.1) is 0 Å². The molecule has 122 valence electrons. The van der Waals surface area contributed by atoms with E-state index in [1.807, 2.05) is 31.6 Å². The topological polar surface area (TPSA) is 47.4 Å². The quantitative estimate of drug-likeness (QED) is 0.867. The van der Waals surface area contributed by atoms with Crippen molar-refractivity contribution in [2.45, 2.75) is 26.7 Å². The maximum absolute atomic E-state index is 12.7. The number of hydrogen-bond acceptors (Lipinski definition) is 3. The maximum atomic E-state index is 12.7.